The number of hydrogen-bond donors (Lipinski definition) is 0. The number of Topliss-reactive ketones (excluding diaryl/α,β-unsaturated/α-hetero) is 1. The molecule has 3 nitrogen and oxygen atoms in total. The Bertz CT molecular complexity index is 354. The molecule has 1 unspecified atom stereocenters. The van der Waals surface area contributed by atoms with Gasteiger partial charge >= 0.3 is 5.97 Å². The van der Waals surface area contributed by atoms with Crippen LogP contribution in [0.2, 0.25) is 0 Å². The minimum Gasteiger partial charge on any atom is -0.468 e. The maximum absolute atomic E-state index is 11.9. The zero-order chi connectivity index (χ0) is 11.1. The first kappa shape index (κ1) is 10.4. The Kier molecular flexibility index (Phi) is 2.41. The van der Waals surface area contributed by atoms with Crippen LogP contribution in [0.4, 0.5) is 0 Å². The van der Waals surface area contributed by atoms with Crippen molar-refractivity contribution in [3.05, 3.63) is 11.1 Å². The summed E-state index contributed by atoms with van der Waals surface area (Å²) in [4.78, 5) is 23.6. The topological polar surface area (TPSA) is 43.4 Å². The van der Waals surface area contributed by atoms with E-state index in [1.54, 1.807) is 0 Å². The van der Waals surface area contributed by atoms with Crippen LogP contribution in [0.3, 0.4) is 0 Å². The van der Waals surface area contributed by atoms with Crippen LogP contribution in [-0.2, 0) is 14.3 Å². The molecule has 0 spiro atoms. The van der Waals surface area contributed by atoms with Gasteiger partial charge in [-0.1, -0.05) is 6.42 Å². The molecule has 82 valence electrons. The van der Waals surface area contributed by atoms with E-state index in [2.05, 4.69) is 0 Å². The minimum atomic E-state index is -0.589. The largest absolute Gasteiger partial charge is 0.468 e. The van der Waals surface area contributed by atoms with E-state index in [4.69, 9.17) is 4.74 Å². The Morgan fingerprint density at radius 1 is 1.40 bits per heavy atom. The van der Waals surface area contributed by atoms with Gasteiger partial charge in [-0.25, -0.2) is 0 Å². The molecule has 0 heterocycles. The maximum atomic E-state index is 11.9. The van der Waals surface area contributed by atoms with E-state index in [0.717, 1.165) is 36.8 Å². The Morgan fingerprint density at radius 2 is 2.13 bits per heavy atom. The predicted molar refractivity (Wildman–Crippen MR) is 55.2 cm³/mol. The lowest BCUT2D eigenvalue weighted by Crippen LogP contribution is -2.35. The summed E-state index contributed by atoms with van der Waals surface area (Å²) < 4.78 is 4.87. The molecule has 0 N–H and O–H groups in total. The fourth-order valence-electron chi connectivity index (χ4n) is 2.93. The third kappa shape index (κ3) is 1.33. The van der Waals surface area contributed by atoms with Crippen molar-refractivity contribution in [2.24, 2.45) is 5.41 Å². The molecule has 0 aromatic rings. The summed E-state index contributed by atoms with van der Waals surface area (Å²) in [5.41, 5.74) is 1.26. The number of ether oxygens (including phenoxy) is 1. The molecule has 0 aliphatic heterocycles. The number of methoxy groups -OCH3 is 1. The fourth-order valence-corrected chi connectivity index (χ4v) is 2.93. The molecule has 0 aromatic heterocycles. The summed E-state index contributed by atoms with van der Waals surface area (Å²) in [6, 6.07) is 0. The number of allylic oxidation sites excluding steroid dienone is 1. The Labute approximate surface area is 89.5 Å². The van der Waals surface area contributed by atoms with Crippen LogP contribution in [0.5, 0.6) is 0 Å². The summed E-state index contributed by atoms with van der Waals surface area (Å²) in [5.74, 6) is -0.0975. The summed E-state index contributed by atoms with van der Waals surface area (Å²) >= 11 is 0. The number of carbonyl (C=O) groups excluding carboxylic acids is 2. The van der Waals surface area contributed by atoms with Crippen LogP contribution in [0.15, 0.2) is 11.1 Å². The van der Waals surface area contributed by atoms with Gasteiger partial charge in [-0.3, -0.25) is 9.59 Å². The molecule has 0 radical (unpaired) electrons. The lowest BCUT2D eigenvalue weighted by Gasteiger charge is -2.32. The van der Waals surface area contributed by atoms with Crippen molar-refractivity contribution in [2.45, 2.75) is 39.0 Å². The Morgan fingerprint density at radius 3 is 2.80 bits per heavy atom. The summed E-state index contributed by atoms with van der Waals surface area (Å²) in [6.45, 7) is 1.84. The van der Waals surface area contributed by atoms with E-state index in [0.29, 0.717) is 6.42 Å². The van der Waals surface area contributed by atoms with Crippen molar-refractivity contribution >= 4 is 11.8 Å². The number of rotatable bonds is 1. The monoisotopic (exact) mass is 208 g/mol. The number of carbonyl (C=O) groups is 2. The SMILES string of the molecule is COC(=O)C12CCCCC1=C(C)C(=O)C2. The van der Waals surface area contributed by atoms with Crippen molar-refractivity contribution in [2.75, 3.05) is 7.11 Å². The highest BCUT2D eigenvalue weighted by Crippen LogP contribution is 2.50. The molecule has 1 fully saturated rings. The van der Waals surface area contributed by atoms with E-state index >= 15 is 0 Å². The summed E-state index contributed by atoms with van der Waals surface area (Å²) in [7, 11) is 1.40. The van der Waals surface area contributed by atoms with Crippen LogP contribution in [0.25, 0.3) is 0 Å². The molecular weight excluding hydrogens is 192 g/mol. The normalized spacial score (nSPS) is 30.4. The van der Waals surface area contributed by atoms with Gasteiger partial charge in [0.05, 0.1) is 12.5 Å². The zero-order valence-corrected chi connectivity index (χ0v) is 9.26. The average molecular weight is 208 g/mol. The molecule has 3 heteroatoms. The second-order valence-corrected chi connectivity index (χ2v) is 4.48. The van der Waals surface area contributed by atoms with Crippen molar-refractivity contribution in [3.63, 3.8) is 0 Å². The average Bonchev–Trinajstić information content (AvgIpc) is 2.52. The second kappa shape index (κ2) is 3.47. The van der Waals surface area contributed by atoms with Crippen molar-refractivity contribution < 1.29 is 14.3 Å². The quantitative estimate of drug-likeness (QED) is 0.619. The van der Waals surface area contributed by atoms with E-state index < -0.39 is 5.41 Å². The van der Waals surface area contributed by atoms with Crippen LogP contribution in [0.1, 0.15) is 39.0 Å². The maximum Gasteiger partial charge on any atom is 0.316 e. The van der Waals surface area contributed by atoms with Gasteiger partial charge in [-0.05, 0) is 37.3 Å². The van der Waals surface area contributed by atoms with Crippen LogP contribution in [0, 0.1) is 5.41 Å². The van der Waals surface area contributed by atoms with Crippen molar-refractivity contribution in [1.29, 1.82) is 0 Å². The van der Waals surface area contributed by atoms with Gasteiger partial charge in [0.15, 0.2) is 5.78 Å². The third-order valence-corrected chi connectivity index (χ3v) is 3.77. The molecular formula is C12H16O3. The van der Waals surface area contributed by atoms with Crippen molar-refractivity contribution in [1.82, 2.24) is 0 Å². The number of fused-ring (bicyclic) bond motifs is 1. The van der Waals surface area contributed by atoms with E-state index in [1.807, 2.05) is 6.92 Å². The zero-order valence-electron chi connectivity index (χ0n) is 9.26. The standard InChI is InChI=1S/C12H16O3/c1-8-9-5-3-4-6-12(9,7-10(8)13)11(14)15-2/h3-7H2,1-2H3. The van der Waals surface area contributed by atoms with Crippen LogP contribution >= 0.6 is 0 Å². The third-order valence-electron chi connectivity index (χ3n) is 3.77. The lowest BCUT2D eigenvalue weighted by molar-refractivity contribution is -0.152. The highest BCUT2D eigenvalue weighted by Gasteiger charge is 2.51. The molecule has 2 rings (SSSR count). The van der Waals surface area contributed by atoms with Crippen molar-refractivity contribution in [3.8, 4) is 0 Å². The van der Waals surface area contributed by atoms with Gasteiger partial charge in [0, 0.05) is 6.42 Å². The Balaban J connectivity index is 2.45. The highest BCUT2D eigenvalue weighted by molar-refractivity contribution is 6.04. The lowest BCUT2D eigenvalue weighted by atomic mass is 9.71. The second-order valence-electron chi connectivity index (χ2n) is 4.48. The van der Waals surface area contributed by atoms with E-state index in [1.165, 1.54) is 7.11 Å². The van der Waals surface area contributed by atoms with Crippen LogP contribution < -0.4 is 0 Å². The summed E-state index contributed by atoms with van der Waals surface area (Å²) in [5, 5.41) is 0. The minimum absolute atomic E-state index is 0.123. The highest BCUT2D eigenvalue weighted by atomic mass is 16.5. The first-order valence-corrected chi connectivity index (χ1v) is 5.43. The van der Waals surface area contributed by atoms with E-state index in [9.17, 15) is 9.59 Å². The smallest absolute Gasteiger partial charge is 0.316 e. The number of esters is 1. The van der Waals surface area contributed by atoms with Gasteiger partial charge in [0.1, 0.15) is 0 Å². The van der Waals surface area contributed by atoms with Gasteiger partial charge in [-0.15, -0.1) is 0 Å². The number of hydrogen-bond acceptors (Lipinski definition) is 3. The van der Waals surface area contributed by atoms with Gasteiger partial charge < -0.3 is 4.74 Å². The predicted octanol–water partition coefficient (Wildman–Crippen LogP) is 2.01. The first-order chi connectivity index (χ1) is 7.12. The fraction of sp³-hybridized carbons (Fsp3) is 0.667. The van der Waals surface area contributed by atoms with Gasteiger partial charge in [-0.2, -0.15) is 0 Å². The molecule has 0 amide bonds. The van der Waals surface area contributed by atoms with E-state index in [-0.39, 0.29) is 11.8 Å². The molecule has 0 aromatic carbocycles. The van der Waals surface area contributed by atoms with Gasteiger partial charge in [0.25, 0.3) is 0 Å². The first-order valence-electron chi connectivity index (χ1n) is 5.43. The molecule has 15 heavy (non-hydrogen) atoms. The summed E-state index contributed by atoms with van der Waals surface area (Å²) in [6.07, 6.45) is 4.09. The molecule has 1 saturated carbocycles. The Hall–Kier alpha value is -1.12. The number of ketones is 1. The van der Waals surface area contributed by atoms with Gasteiger partial charge in [0.2, 0.25) is 0 Å². The molecule has 0 saturated heterocycles. The molecule has 2 aliphatic carbocycles. The molecule has 2 aliphatic rings. The van der Waals surface area contributed by atoms with Crippen LogP contribution in [-0.4, -0.2) is 18.9 Å². The molecule has 1 atom stereocenters. The molecule has 0 bridgehead atoms.